The summed E-state index contributed by atoms with van der Waals surface area (Å²) in [5.74, 6) is -2.83. The van der Waals surface area contributed by atoms with Crippen LogP contribution < -0.4 is 0 Å². The molecule has 156 valence electrons. The maximum Gasteiger partial charge on any atom is 0.333 e. The van der Waals surface area contributed by atoms with Crippen molar-refractivity contribution in [2.75, 3.05) is 0 Å². The van der Waals surface area contributed by atoms with E-state index < -0.39 is 17.4 Å². The Morgan fingerprint density at radius 3 is 2.50 bits per heavy atom. The molecule has 4 rings (SSSR count). The Bertz CT molecular complexity index is 752. The quantitative estimate of drug-likeness (QED) is 0.667. The fraction of sp³-hybridized carbons (Fsp3) is 0.818. The van der Waals surface area contributed by atoms with Gasteiger partial charge in [-0.3, -0.25) is 4.79 Å². The van der Waals surface area contributed by atoms with E-state index in [0.717, 1.165) is 19.3 Å². The van der Waals surface area contributed by atoms with Crippen LogP contribution in [0.4, 0.5) is 0 Å². The van der Waals surface area contributed by atoms with E-state index in [-0.39, 0.29) is 52.7 Å². The smallest absolute Gasteiger partial charge is 0.333 e. The van der Waals surface area contributed by atoms with Gasteiger partial charge in [0, 0.05) is 30.9 Å². The van der Waals surface area contributed by atoms with Crippen LogP contribution in [0, 0.1) is 28.6 Å². The molecular weight excluding hydrogens is 360 g/mol. The Morgan fingerprint density at radius 1 is 1.18 bits per heavy atom. The molecule has 28 heavy (non-hydrogen) atoms. The van der Waals surface area contributed by atoms with Crippen molar-refractivity contribution in [3.8, 4) is 0 Å². The van der Waals surface area contributed by atoms with E-state index in [1.54, 1.807) is 6.92 Å². The highest BCUT2D eigenvalue weighted by Gasteiger charge is 2.68. The number of fused-ring (bicyclic) bond motifs is 4. The summed E-state index contributed by atoms with van der Waals surface area (Å²) in [6.07, 6.45) is 4.75. The average Bonchev–Trinajstić information content (AvgIpc) is 2.83. The molecule has 0 saturated heterocycles. The van der Waals surface area contributed by atoms with Crippen molar-refractivity contribution in [1.82, 2.24) is 0 Å². The lowest BCUT2D eigenvalue weighted by atomic mass is 9.41. The first-order chi connectivity index (χ1) is 12.8. The Morgan fingerprint density at radius 2 is 1.86 bits per heavy atom. The van der Waals surface area contributed by atoms with Gasteiger partial charge in [0.1, 0.15) is 6.10 Å². The van der Waals surface area contributed by atoms with E-state index >= 15 is 0 Å². The molecular formula is C22H32O6. The molecule has 0 aromatic heterocycles. The van der Waals surface area contributed by atoms with Crippen LogP contribution in [0.3, 0.4) is 0 Å². The highest BCUT2D eigenvalue weighted by atomic mass is 16.7. The maximum absolute atomic E-state index is 11.9. The zero-order valence-corrected chi connectivity index (χ0v) is 17.4. The van der Waals surface area contributed by atoms with Crippen LogP contribution in [0.2, 0.25) is 0 Å². The van der Waals surface area contributed by atoms with Gasteiger partial charge in [0.05, 0.1) is 5.60 Å². The summed E-state index contributed by atoms with van der Waals surface area (Å²) in [5.41, 5.74) is -1.44. The fourth-order valence-electron chi connectivity index (χ4n) is 7.48. The first kappa shape index (κ1) is 19.9. The van der Waals surface area contributed by atoms with Gasteiger partial charge < -0.3 is 19.7 Å². The van der Waals surface area contributed by atoms with Gasteiger partial charge in [-0.1, -0.05) is 27.2 Å². The Hall–Kier alpha value is -1.40. The highest BCUT2D eigenvalue weighted by molar-refractivity contribution is 5.87. The maximum atomic E-state index is 11.9. The fourth-order valence-corrected chi connectivity index (χ4v) is 7.48. The van der Waals surface area contributed by atoms with Crippen LogP contribution in [0.25, 0.3) is 0 Å². The third kappa shape index (κ3) is 2.60. The summed E-state index contributed by atoms with van der Waals surface area (Å²) in [6, 6.07) is 0. The van der Waals surface area contributed by atoms with Gasteiger partial charge in [0.15, 0.2) is 0 Å². The molecule has 0 aromatic carbocycles. The van der Waals surface area contributed by atoms with Crippen molar-refractivity contribution < 1.29 is 29.3 Å². The number of esters is 2. The van der Waals surface area contributed by atoms with Crippen LogP contribution in [-0.2, 0) is 19.1 Å². The molecule has 7 atom stereocenters. The van der Waals surface area contributed by atoms with Crippen LogP contribution >= 0.6 is 0 Å². The van der Waals surface area contributed by atoms with Gasteiger partial charge in [-0.05, 0) is 48.9 Å². The molecule has 0 spiro atoms. The lowest BCUT2D eigenvalue weighted by Gasteiger charge is -2.65. The van der Waals surface area contributed by atoms with E-state index in [2.05, 4.69) is 20.8 Å². The lowest BCUT2D eigenvalue weighted by Crippen LogP contribution is -2.66. The topological polar surface area (TPSA) is 93.1 Å². The van der Waals surface area contributed by atoms with E-state index in [9.17, 15) is 19.8 Å². The summed E-state index contributed by atoms with van der Waals surface area (Å²) in [7, 11) is 0. The molecule has 0 bridgehead atoms. The molecule has 0 radical (unpaired) electrons. The predicted molar refractivity (Wildman–Crippen MR) is 101 cm³/mol. The first-order valence-electron chi connectivity index (χ1n) is 10.4. The number of rotatable bonds is 1. The van der Waals surface area contributed by atoms with Gasteiger partial charge in [0.25, 0.3) is 0 Å². The molecule has 3 fully saturated rings. The minimum atomic E-state index is -1.74. The molecule has 0 unspecified atom stereocenters. The predicted octanol–water partition coefficient (Wildman–Crippen LogP) is 2.71. The van der Waals surface area contributed by atoms with Crippen LogP contribution in [-0.4, -0.2) is 39.6 Å². The lowest BCUT2D eigenvalue weighted by molar-refractivity contribution is -0.260. The third-order valence-corrected chi connectivity index (χ3v) is 8.31. The second-order valence-corrected chi connectivity index (χ2v) is 10.5. The molecule has 0 aromatic rings. The zero-order chi connectivity index (χ0) is 20.7. The van der Waals surface area contributed by atoms with E-state index in [1.165, 1.54) is 13.0 Å². The van der Waals surface area contributed by atoms with Crippen molar-refractivity contribution in [3.05, 3.63) is 11.6 Å². The van der Waals surface area contributed by atoms with Crippen LogP contribution in [0.1, 0.15) is 66.7 Å². The standard InChI is InChI=1S/C22H32O6/c1-12(23)27-15-9-13-14(20(4)8-6-7-19(2,3)18(15)20)11-22(26)16(21(13,5)25)10-17(24)28-22/h10,13-15,18,25-26H,6-9,11H2,1-5H3/t13-,14+,15-,18+,20-,21+,22-/m0/s1. The number of ether oxygens (including phenoxy) is 2. The van der Waals surface area contributed by atoms with E-state index in [1.807, 2.05) is 0 Å². The van der Waals surface area contributed by atoms with Gasteiger partial charge >= 0.3 is 11.9 Å². The number of carbonyl (C=O) groups is 2. The summed E-state index contributed by atoms with van der Waals surface area (Å²) in [5, 5.41) is 22.7. The van der Waals surface area contributed by atoms with Crippen molar-refractivity contribution >= 4 is 11.9 Å². The molecule has 0 amide bonds. The molecule has 6 heteroatoms. The van der Waals surface area contributed by atoms with Gasteiger partial charge in [-0.25, -0.2) is 4.79 Å². The number of carbonyl (C=O) groups excluding carboxylic acids is 2. The van der Waals surface area contributed by atoms with Gasteiger partial charge in [0.2, 0.25) is 5.79 Å². The second kappa shape index (κ2) is 5.82. The van der Waals surface area contributed by atoms with Crippen LogP contribution in [0.15, 0.2) is 11.6 Å². The molecule has 3 aliphatic carbocycles. The van der Waals surface area contributed by atoms with Crippen molar-refractivity contribution in [2.45, 2.75) is 84.2 Å². The van der Waals surface area contributed by atoms with Crippen molar-refractivity contribution in [2.24, 2.45) is 28.6 Å². The molecule has 3 saturated carbocycles. The SMILES string of the molecule is CC(=O)O[C@H]1C[C@H]2[C@@H](C[C@]3(O)OC(=O)C=C3[C@]2(C)O)[C@]2(C)CCCC(C)(C)[C@@H]12. The summed E-state index contributed by atoms with van der Waals surface area (Å²) in [4.78, 5) is 23.8. The monoisotopic (exact) mass is 392 g/mol. The second-order valence-electron chi connectivity index (χ2n) is 10.5. The summed E-state index contributed by atoms with van der Waals surface area (Å²) < 4.78 is 11.1. The highest BCUT2D eigenvalue weighted by Crippen LogP contribution is 2.67. The average molecular weight is 392 g/mol. The van der Waals surface area contributed by atoms with Gasteiger partial charge in [-0.2, -0.15) is 0 Å². The number of aliphatic hydroxyl groups is 2. The normalized spacial score (nSPS) is 49.2. The van der Waals surface area contributed by atoms with Crippen molar-refractivity contribution in [3.63, 3.8) is 0 Å². The summed E-state index contributed by atoms with van der Waals surface area (Å²) in [6.45, 7) is 9.75. The molecule has 2 N–H and O–H groups in total. The first-order valence-corrected chi connectivity index (χ1v) is 10.4. The molecule has 1 heterocycles. The Kier molecular flexibility index (Phi) is 4.13. The molecule has 4 aliphatic rings. The van der Waals surface area contributed by atoms with E-state index in [0.29, 0.717) is 6.42 Å². The summed E-state index contributed by atoms with van der Waals surface area (Å²) >= 11 is 0. The Labute approximate surface area is 166 Å². The molecule has 6 nitrogen and oxygen atoms in total. The van der Waals surface area contributed by atoms with E-state index in [4.69, 9.17) is 9.47 Å². The van der Waals surface area contributed by atoms with Gasteiger partial charge in [-0.15, -0.1) is 0 Å². The zero-order valence-electron chi connectivity index (χ0n) is 17.4. The molecule has 1 aliphatic heterocycles. The third-order valence-electron chi connectivity index (χ3n) is 8.31. The van der Waals surface area contributed by atoms with Crippen molar-refractivity contribution in [1.29, 1.82) is 0 Å². The number of hydrogen-bond donors (Lipinski definition) is 2. The number of hydrogen-bond acceptors (Lipinski definition) is 6. The minimum Gasteiger partial charge on any atom is -0.462 e. The minimum absolute atomic E-state index is 0.0327. The Balaban J connectivity index is 1.83. The van der Waals surface area contributed by atoms with Crippen LogP contribution in [0.5, 0.6) is 0 Å². The largest absolute Gasteiger partial charge is 0.462 e.